The van der Waals surface area contributed by atoms with E-state index in [4.69, 9.17) is 14.6 Å². The number of alkyl halides is 3. The van der Waals surface area contributed by atoms with Crippen molar-refractivity contribution in [2.45, 2.75) is 123 Å². The minimum absolute atomic E-state index is 0.0607. The number of rotatable bonds is 8. The largest absolute Gasteiger partial charge is 0.490 e. The van der Waals surface area contributed by atoms with E-state index in [2.05, 4.69) is 52.6 Å². The third kappa shape index (κ3) is 9.48. The van der Waals surface area contributed by atoms with Crippen LogP contribution in [0, 0.1) is 32.6 Å². The van der Waals surface area contributed by atoms with Crippen LogP contribution >= 0.6 is 11.3 Å². The SMILES string of the molecule is CCCCC1CN(CC2CCCCC2)C(=O)OC12CCN(C1CCN(C(=O)c3c(C)cc(-c4scnc4C)cc3C)CC1)CC2.O=C(O)C(F)(F)F. The molecule has 1 aromatic carbocycles. The molecular formula is C39H55F3N4O5S. The molecule has 1 N–H and O–H groups in total. The van der Waals surface area contributed by atoms with Gasteiger partial charge < -0.3 is 19.6 Å². The number of nitrogens with zero attached hydrogens (tertiary/aromatic N) is 4. The van der Waals surface area contributed by atoms with Gasteiger partial charge in [0.15, 0.2) is 0 Å². The van der Waals surface area contributed by atoms with Crippen LogP contribution in [0.15, 0.2) is 17.6 Å². The zero-order valence-electron chi connectivity index (χ0n) is 31.1. The van der Waals surface area contributed by atoms with Gasteiger partial charge in [0.2, 0.25) is 0 Å². The summed E-state index contributed by atoms with van der Waals surface area (Å²) in [6.45, 7) is 13.8. The number of halogens is 3. The molecule has 1 aliphatic carbocycles. The Hall–Kier alpha value is -3.19. The highest BCUT2D eigenvalue weighted by molar-refractivity contribution is 7.13. The first-order chi connectivity index (χ1) is 24.7. The highest BCUT2D eigenvalue weighted by Crippen LogP contribution is 2.42. The Morgan fingerprint density at radius 1 is 1.00 bits per heavy atom. The maximum Gasteiger partial charge on any atom is 0.490 e. The van der Waals surface area contributed by atoms with Crippen molar-refractivity contribution in [3.63, 3.8) is 0 Å². The Labute approximate surface area is 309 Å². The van der Waals surface area contributed by atoms with Crippen molar-refractivity contribution in [3.05, 3.63) is 40.0 Å². The summed E-state index contributed by atoms with van der Waals surface area (Å²) in [5.41, 5.74) is 6.72. The summed E-state index contributed by atoms with van der Waals surface area (Å²) in [6, 6.07) is 4.79. The number of unbranched alkanes of at least 4 members (excludes halogenated alkanes) is 1. The molecule has 13 heteroatoms. The summed E-state index contributed by atoms with van der Waals surface area (Å²) in [6.07, 6.45) is 8.73. The van der Waals surface area contributed by atoms with E-state index < -0.39 is 12.1 Å². The molecule has 6 rings (SSSR count). The summed E-state index contributed by atoms with van der Waals surface area (Å²) in [4.78, 5) is 48.4. The van der Waals surface area contributed by atoms with Crippen LogP contribution in [-0.2, 0) is 9.53 Å². The lowest BCUT2D eigenvalue weighted by Crippen LogP contribution is -2.61. The molecule has 1 unspecified atom stereocenters. The molecule has 1 spiro atoms. The van der Waals surface area contributed by atoms with Crippen molar-refractivity contribution in [2.75, 3.05) is 39.3 Å². The molecule has 3 aliphatic heterocycles. The number of likely N-dealkylation sites (tertiary alicyclic amines) is 2. The van der Waals surface area contributed by atoms with E-state index in [1.54, 1.807) is 11.3 Å². The van der Waals surface area contributed by atoms with E-state index in [1.165, 1.54) is 49.8 Å². The van der Waals surface area contributed by atoms with E-state index in [0.717, 1.165) is 99.3 Å². The van der Waals surface area contributed by atoms with E-state index in [1.807, 2.05) is 12.4 Å². The summed E-state index contributed by atoms with van der Waals surface area (Å²) < 4.78 is 38.2. The Morgan fingerprint density at radius 3 is 2.15 bits per heavy atom. The number of carboxylic acids is 1. The quantitative estimate of drug-likeness (QED) is 0.288. The molecule has 2 aromatic rings. The van der Waals surface area contributed by atoms with E-state index in [9.17, 15) is 22.8 Å². The third-order valence-corrected chi connectivity index (χ3v) is 12.7. The number of hydrogen-bond donors (Lipinski definition) is 1. The van der Waals surface area contributed by atoms with Crippen LogP contribution < -0.4 is 0 Å². The number of carbonyl (C=O) groups excluding carboxylic acids is 2. The predicted molar refractivity (Wildman–Crippen MR) is 196 cm³/mol. The maximum absolute atomic E-state index is 13.7. The number of ether oxygens (including phenoxy) is 1. The van der Waals surface area contributed by atoms with Gasteiger partial charge in [-0.2, -0.15) is 13.2 Å². The first-order valence-electron chi connectivity index (χ1n) is 19.1. The normalized spacial score (nSPS) is 21.8. The van der Waals surface area contributed by atoms with Gasteiger partial charge in [-0.25, -0.2) is 14.6 Å². The number of thiazole rings is 1. The van der Waals surface area contributed by atoms with Crippen LogP contribution in [0.4, 0.5) is 18.0 Å². The number of hydrogen-bond acceptors (Lipinski definition) is 7. The third-order valence-electron chi connectivity index (χ3n) is 11.8. The summed E-state index contributed by atoms with van der Waals surface area (Å²) in [5.74, 6) is -1.52. The first-order valence-corrected chi connectivity index (χ1v) is 19.9. The molecule has 2 amide bonds. The number of carboxylic acid groups (broad SMARTS) is 1. The van der Waals surface area contributed by atoms with Crippen LogP contribution in [0.25, 0.3) is 10.4 Å². The highest BCUT2D eigenvalue weighted by Gasteiger charge is 2.50. The number of aliphatic carboxylic acids is 1. The Balaban J connectivity index is 0.000000679. The molecule has 1 atom stereocenters. The standard InChI is InChI=1S/C37H54N4O3S.C2HF3O2/c1-5-6-12-31-24-41(23-29-10-8-7-9-11-29)36(43)44-37(31)15-19-39(20-16-37)32-13-17-40(18-14-32)35(42)33-26(2)21-30(22-27(33)3)34-28(4)38-25-45-34;3-2(4,5)1(6)7/h21-22,25,29,31-32H,5-20,23-24H2,1-4H3;(H,6,7). The molecule has 9 nitrogen and oxygen atoms in total. The average molecular weight is 749 g/mol. The van der Waals surface area contributed by atoms with Gasteiger partial charge in [-0.1, -0.05) is 39.0 Å². The van der Waals surface area contributed by atoms with Gasteiger partial charge in [0.25, 0.3) is 5.91 Å². The van der Waals surface area contributed by atoms with Crippen molar-refractivity contribution >= 4 is 29.3 Å². The second-order valence-corrected chi connectivity index (χ2v) is 16.1. The smallest absolute Gasteiger partial charge is 0.475 e. The first kappa shape index (κ1) is 40.0. The van der Waals surface area contributed by atoms with Crippen LogP contribution in [0.1, 0.15) is 111 Å². The molecule has 1 saturated carbocycles. The van der Waals surface area contributed by atoms with Crippen molar-refractivity contribution in [2.24, 2.45) is 11.8 Å². The minimum Gasteiger partial charge on any atom is -0.475 e. The molecule has 4 aliphatic rings. The summed E-state index contributed by atoms with van der Waals surface area (Å²) in [7, 11) is 0. The van der Waals surface area contributed by atoms with Gasteiger partial charge in [-0.3, -0.25) is 9.69 Å². The molecular weight excluding hydrogens is 694 g/mol. The van der Waals surface area contributed by atoms with E-state index in [0.29, 0.717) is 17.9 Å². The topological polar surface area (TPSA) is 103 Å². The van der Waals surface area contributed by atoms with Crippen LogP contribution in [0.5, 0.6) is 0 Å². The number of amides is 2. The molecule has 3 saturated heterocycles. The second-order valence-electron chi connectivity index (χ2n) is 15.3. The molecule has 0 bridgehead atoms. The van der Waals surface area contributed by atoms with Gasteiger partial charge >= 0.3 is 18.2 Å². The summed E-state index contributed by atoms with van der Waals surface area (Å²) >= 11 is 1.66. The minimum atomic E-state index is -5.08. The van der Waals surface area contributed by atoms with Crippen LogP contribution in [-0.4, -0.2) is 99.8 Å². The van der Waals surface area contributed by atoms with Crippen LogP contribution in [0.3, 0.4) is 0 Å². The number of aromatic nitrogens is 1. The van der Waals surface area contributed by atoms with Crippen molar-refractivity contribution in [3.8, 4) is 10.4 Å². The number of aryl methyl sites for hydroxylation is 3. The molecule has 1 aromatic heterocycles. The Morgan fingerprint density at radius 2 is 1.62 bits per heavy atom. The lowest BCUT2D eigenvalue weighted by atomic mass is 9.75. The fraction of sp³-hybridized carbons (Fsp3) is 0.692. The van der Waals surface area contributed by atoms with Gasteiger partial charge in [0, 0.05) is 69.6 Å². The molecule has 288 valence electrons. The number of piperidine rings is 2. The fourth-order valence-corrected chi connectivity index (χ4v) is 9.64. The fourth-order valence-electron chi connectivity index (χ4n) is 8.85. The zero-order valence-corrected chi connectivity index (χ0v) is 31.9. The van der Waals surface area contributed by atoms with Gasteiger partial charge in [0.05, 0.1) is 16.1 Å². The van der Waals surface area contributed by atoms with Gasteiger partial charge in [-0.15, -0.1) is 11.3 Å². The lowest BCUT2D eigenvalue weighted by molar-refractivity contribution is -0.192. The van der Waals surface area contributed by atoms with Crippen LogP contribution in [0.2, 0.25) is 0 Å². The molecule has 4 fully saturated rings. The lowest BCUT2D eigenvalue weighted by Gasteiger charge is -2.52. The van der Waals surface area contributed by atoms with Gasteiger partial charge in [0.1, 0.15) is 5.60 Å². The Bertz CT molecular complexity index is 1520. The highest BCUT2D eigenvalue weighted by atomic mass is 32.1. The van der Waals surface area contributed by atoms with Gasteiger partial charge in [-0.05, 0) is 87.6 Å². The number of carbonyl (C=O) groups is 3. The van der Waals surface area contributed by atoms with Crippen molar-refractivity contribution in [1.29, 1.82) is 0 Å². The maximum atomic E-state index is 13.7. The second kappa shape index (κ2) is 17.3. The molecule has 0 radical (unpaired) electrons. The Kier molecular flexibility index (Phi) is 13.3. The zero-order chi connectivity index (χ0) is 37.6. The van der Waals surface area contributed by atoms with Crippen molar-refractivity contribution < 1.29 is 37.4 Å². The number of benzene rings is 1. The van der Waals surface area contributed by atoms with Crippen molar-refractivity contribution in [1.82, 2.24) is 19.7 Å². The van der Waals surface area contributed by atoms with E-state index in [-0.39, 0.29) is 17.6 Å². The molecule has 4 heterocycles. The monoisotopic (exact) mass is 748 g/mol. The average Bonchev–Trinajstić information content (AvgIpc) is 3.55. The summed E-state index contributed by atoms with van der Waals surface area (Å²) in [5, 5.41) is 7.12. The van der Waals surface area contributed by atoms with E-state index >= 15 is 0 Å². The predicted octanol–water partition coefficient (Wildman–Crippen LogP) is 8.65. The molecule has 52 heavy (non-hydrogen) atoms.